The van der Waals surface area contributed by atoms with Crippen LogP contribution < -0.4 is 4.72 Å². The second-order valence-electron chi connectivity index (χ2n) is 5.10. The van der Waals surface area contributed by atoms with Crippen molar-refractivity contribution >= 4 is 16.1 Å². The summed E-state index contributed by atoms with van der Waals surface area (Å²) >= 11 is 0. The summed E-state index contributed by atoms with van der Waals surface area (Å²) < 4.78 is 32.0. The van der Waals surface area contributed by atoms with Crippen molar-refractivity contribution in [2.45, 2.75) is 6.04 Å². The van der Waals surface area contributed by atoms with Gasteiger partial charge in [0.2, 0.25) is 10.0 Å². The van der Waals surface area contributed by atoms with Crippen LogP contribution in [-0.2, 0) is 10.0 Å². The Labute approximate surface area is 131 Å². The van der Waals surface area contributed by atoms with Crippen LogP contribution >= 0.6 is 0 Å². The van der Waals surface area contributed by atoms with Crippen LogP contribution in [0.25, 0.3) is 6.08 Å². The van der Waals surface area contributed by atoms with Gasteiger partial charge in [0.1, 0.15) is 5.76 Å². The van der Waals surface area contributed by atoms with E-state index in [-0.39, 0.29) is 12.6 Å². The van der Waals surface area contributed by atoms with Gasteiger partial charge in [-0.25, -0.2) is 13.1 Å². The second-order valence-corrected chi connectivity index (χ2v) is 6.75. The van der Waals surface area contributed by atoms with Crippen molar-refractivity contribution < 1.29 is 12.8 Å². The van der Waals surface area contributed by atoms with Gasteiger partial charge in [0, 0.05) is 12.0 Å². The highest BCUT2D eigenvalue weighted by molar-refractivity contribution is 7.92. The number of benzene rings is 1. The van der Waals surface area contributed by atoms with Crippen LogP contribution in [0.15, 0.2) is 58.6 Å². The lowest BCUT2D eigenvalue weighted by Gasteiger charge is -2.22. The molecule has 1 atom stereocenters. The maximum absolute atomic E-state index is 12.1. The Bertz CT molecular complexity index is 692. The monoisotopic (exact) mass is 320 g/mol. The molecule has 1 aromatic heterocycles. The van der Waals surface area contributed by atoms with Gasteiger partial charge in [0.15, 0.2) is 0 Å². The van der Waals surface area contributed by atoms with Gasteiger partial charge in [-0.15, -0.1) is 0 Å². The Hall–Kier alpha value is -1.89. The van der Waals surface area contributed by atoms with Gasteiger partial charge in [0.05, 0.1) is 12.3 Å². The minimum absolute atomic E-state index is 0.157. The number of hydrogen-bond donors (Lipinski definition) is 1. The molecule has 0 saturated heterocycles. The standard InChI is InChI=1S/C16H20N2O3S/c1-18(2)15(16-9-6-11-21-16)13-17-22(19,20)12-10-14-7-4-3-5-8-14/h3-12,15,17H,13H2,1-2H3/b12-10+/t15-/m0/s1. The van der Waals surface area contributed by atoms with Gasteiger partial charge >= 0.3 is 0 Å². The molecule has 0 bridgehead atoms. The van der Waals surface area contributed by atoms with Crippen molar-refractivity contribution in [2.75, 3.05) is 20.6 Å². The molecule has 0 saturated carbocycles. The molecule has 6 heteroatoms. The Morgan fingerprint density at radius 3 is 2.50 bits per heavy atom. The van der Waals surface area contributed by atoms with E-state index < -0.39 is 10.0 Å². The highest BCUT2D eigenvalue weighted by Gasteiger charge is 2.19. The fourth-order valence-electron chi connectivity index (χ4n) is 1.99. The Balaban J connectivity index is 2.01. The third-order valence-corrected chi connectivity index (χ3v) is 4.28. The number of nitrogens with zero attached hydrogens (tertiary/aromatic N) is 1. The minimum atomic E-state index is -3.50. The van der Waals surface area contributed by atoms with Crippen molar-refractivity contribution in [2.24, 2.45) is 0 Å². The van der Waals surface area contributed by atoms with Crippen LogP contribution in [0.1, 0.15) is 17.4 Å². The molecule has 2 rings (SSSR count). The first kappa shape index (κ1) is 16.5. The van der Waals surface area contributed by atoms with Crippen LogP contribution in [0.2, 0.25) is 0 Å². The van der Waals surface area contributed by atoms with Crippen molar-refractivity contribution in [3.8, 4) is 0 Å². The average Bonchev–Trinajstić information content (AvgIpc) is 3.00. The predicted octanol–water partition coefficient (Wildman–Crippen LogP) is 2.47. The van der Waals surface area contributed by atoms with Crippen molar-refractivity contribution in [3.63, 3.8) is 0 Å². The van der Waals surface area contributed by atoms with Crippen LogP contribution in [0.4, 0.5) is 0 Å². The number of sulfonamides is 1. The van der Waals surface area contributed by atoms with E-state index in [1.165, 1.54) is 5.41 Å². The molecule has 0 unspecified atom stereocenters. The first-order valence-electron chi connectivity index (χ1n) is 6.90. The first-order chi connectivity index (χ1) is 10.5. The molecule has 0 aliphatic carbocycles. The smallest absolute Gasteiger partial charge is 0.233 e. The molecule has 0 aliphatic heterocycles. The summed E-state index contributed by atoms with van der Waals surface area (Å²) in [5.41, 5.74) is 0.836. The lowest BCUT2D eigenvalue weighted by Crippen LogP contribution is -2.33. The van der Waals surface area contributed by atoms with Crippen LogP contribution in [0.3, 0.4) is 0 Å². The van der Waals surface area contributed by atoms with E-state index in [4.69, 9.17) is 4.42 Å². The molecule has 118 valence electrons. The summed E-state index contributed by atoms with van der Waals surface area (Å²) in [6, 6.07) is 12.8. The summed E-state index contributed by atoms with van der Waals surface area (Å²) in [5, 5.41) is 1.18. The maximum atomic E-state index is 12.1. The molecule has 22 heavy (non-hydrogen) atoms. The molecule has 0 radical (unpaired) electrons. The topological polar surface area (TPSA) is 62.6 Å². The van der Waals surface area contributed by atoms with Crippen LogP contribution in [0.5, 0.6) is 0 Å². The minimum Gasteiger partial charge on any atom is -0.468 e. The Kier molecular flexibility index (Phi) is 5.54. The number of nitrogens with one attached hydrogen (secondary N) is 1. The number of hydrogen-bond acceptors (Lipinski definition) is 4. The van der Waals surface area contributed by atoms with Gasteiger partial charge < -0.3 is 4.42 Å². The van der Waals surface area contributed by atoms with E-state index in [1.54, 1.807) is 18.4 Å². The molecule has 5 nitrogen and oxygen atoms in total. The summed E-state index contributed by atoms with van der Waals surface area (Å²) in [7, 11) is 0.254. The molecular formula is C16H20N2O3S. The molecular weight excluding hydrogens is 300 g/mol. The molecule has 0 spiro atoms. The van der Waals surface area contributed by atoms with Gasteiger partial charge in [-0.1, -0.05) is 30.3 Å². The maximum Gasteiger partial charge on any atom is 0.233 e. The molecule has 0 fully saturated rings. The number of rotatable bonds is 7. The van der Waals surface area contributed by atoms with E-state index in [2.05, 4.69) is 4.72 Å². The summed E-state index contributed by atoms with van der Waals surface area (Å²) in [6.45, 7) is 0.238. The summed E-state index contributed by atoms with van der Waals surface area (Å²) in [5.74, 6) is 0.722. The third kappa shape index (κ3) is 4.84. The molecule has 1 aromatic carbocycles. The highest BCUT2D eigenvalue weighted by atomic mass is 32.2. The van der Waals surface area contributed by atoms with Crippen molar-refractivity contribution in [1.82, 2.24) is 9.62 Å². The molecule has 0 aliphatic rings. The number of likely N-dealkylation sites (N-methyl/N-ethyl adjacent to an activating group) is 1. The third-order valence-electron chi connectivity index (χ3n) is 3.21. The van der Waals surface area contributed by atoms with Gasteiger partial charge in [0.25, 0.3) is 0 Å². The SMILES string of the molecule is CN(C)[C@@H](CNS(=O)(=O)/C=C/c1ccccc1)c1ccco1. The van der Waals surface area contributed by atoms with Crippen LogP contribution in [0, 0.1) is 0 Å². The Morgan fingerprint density at radius 2 is 1.91 bits per heavy atom. The zero-order valence-corrected chi connectivity index (χ0v) is 13.5. The fourth-order valence-corrected chi connectivity index (χ4v) is 2.82. The fraction of sp³-hybridized carbons (Fsp3) is 0.250. The van der Waals surface area contributed by atoms with E-state index in [9.17, 15) is 8.42 Å². The normalized spacial score (nSPS) is 13.8. The van der Waals surface area contributed by atoms with Gasteiger partial charge in [-0.05, 0) is 37.9 Å². The van der Waals surface area contributed by atoms with E-state index in [0.29, 0.717) is 0 Å². The van der Waals surface area contributed by atoms with E-state index in [1.807, 2.05) is 55.4 Å². The largest absolute Gasteiger partial charge is 0.468 e. The molecule has 0 amide bonds. The first-order valence-corrected chi connectivity index (χ1v) is 8.45. The molecule has 1 N–H and O–H groups in total. The summed E-state index contributed by atoms with van der Waals surface area (Å²) in [4.78, 5) is 1.91. The van der Waals surface area contributed by atoms with Crippen molar-refractivity contribution in [3.05, 3.63) is 65.5 Å². The van der Waals surface area contributed by atoms with Gasteiger partial charge in [-0.3, -0.25) is 4.90 Å². The van der Waals surface area contributed by atoms with Crippen molar-refractivity contribution in [1.29, 1.82) is 0 Å². The summed E-state index contributed by atoms with van der Waals surface area (Å²) in [6.07, 6.45) is 3.15. The Morgan fingerprint density at radius 1 is 1.18 bits per heavy atom. The zero-order chi connectivity index (χ0) is 16.0. The predicted molar refractivity (Wildman–Crippen MR) is 87.5 cm³/mol. The van der Waals surface area contributed by atoms with Gasteiger partial charge in [-0.2, -0.15) is 0 Å². The highest BCUT2D eigenvalue weighted by Crippen LogP contribution is 2.18. The quantitative estimate of drug-likeness (QED) is 0.851. The number of furan rings is 1. The molecule has 1 heterocycles. The lowest BCUT2D eigenvalue weighted by molar-refractivity contribution is 0.259. The second kappa shape index (κ2) is 7.40. The van der Waals surface area contributed by atoms with E-state index in [0.717, 1.165) is 11.3 Å². The van der Waals surface area contributed by atoms with E-state index >= 15 is 0 Å². The van der Waals surface area contributed by atoms with Crippen LogP contribution in [-0.4, -0.2) is 34.0 Å². The zero-order valence-electron chi connectivity index (χ0n) is 12.6. The average molecular weight is 320 g/mol. The lowest BCUT2D eigenvalue weighted by atomic mass is 10.2. The molecule has 2 aromatic rings.